The van der Waals surface area contributed by atoms with Crippen molar-refractivity contribution in [3.05, 3.63) is 59.4 Å². The first kappa shape index (κ1) is 13.5. The Kier molecular flexibility index (Phi) is 3.75. The van der Waals surface area contributed by atoms with Gasteiger partial charge in [0.2, 0.25) is 5.82 Å². The molecule has 2 aromatic carbocycles. The van der Waals surface area contributed by atoms with Crippen molar-refractivity contribution in [2.45, 2.75) is 6.61 Å². The highest BCUT2D eigenvalue weighted by Gasteiger charge is 2.09. The fourth-order valence-electron chi connectivity index (χ4n) is 1.77. The van der Waals surface area contributed by atoms with E-state index in [1.807, 2.05) is 12.1 Å². The van der Waals surface area contributed by atoms with Gasteiger partial charge < -0.3 is 15.0 Å². The van der Waals surface area contributed by atoms with E-state index in [1.54, 1.807) is 36.4 Å². The van der Waals surface area contributed by atoms with Gasteiger partial charge in [-0.2, -0.15) is 4.98 Å². The molecule has 5 nitrogen and oxygen atoms in total. The van der Waals surface area contributed by atoms with Crippen LogP contribution in [-0.2, 0) is 6.61 Å². The molecule has 0 bridgehead atoms. The quantitative estimate of drug-likeness (QED) is 0.746. The number of nitrogens with zero attached hydrogens (tertiary/aromatic N) is 2. The minimum atomic E-state index is 0.192. The number of nitrogen functional groups attached to an aromatic ring is 1. The zero-order valence-electron chi connectivity index (χ0n) is 11.0. The van der Waals surface area contributed by atoms with Gasteiger partial charge in [-0.25, -0.2) is 0 Å². The predicted octanol–water partition coefficient (Wildman–Crippen LogP) is 3.55. The average molecular weight is 302 g/mol. The molecule has 3 rings (SSSR count). The van der Waals surface area contributed by atoms with Crippen LogP contribution in [0, 0.1) is 0 Å². The largest absolute Gasteiger partial charge is 0.484 e. The molecule has 6 heteroatoms. The highest BCUT2D eigenvalue weighted by Crippen LogP contribution is 2.20. The maximum atomic E-state index is 5.93. The Morgan fingerprint density at radius 3 is 2.71 bits per heavy atom. The average Bonchev–Trinajstić information content (AvgIpc) is 2.96. The molecule has 0 radical (unpaired) electrons. The number of benzene rings is 2. The van der Waals surface area contributed by atoms with Crippen molar-refractivity contribution in [3.8, 4) is 17.1 Å². The third-order valence-corrected chi connectivity index (χ3v) is 3.03. The first-order chi connectivity index (χ1) is 10.2. The molecule has 1 heterocycles. The molecule has 2 N–H and O–H groups in total. The van der Waals surface area contributed by atoms with Gasteiger partial charge in [0.25, 0.3) is 5.89 Å². The Morgan fingerprint density at radius 2 is 1.95 bits per heavy atom. The molecule has 0 spiro atoms. The predicted molar refractivity (Wildman–Crippen MR) is 79.9 cm³/mol. The minimum Gasteiger partial charge on any atom is -0.484 e. The summed E-state index contributed by atoms with van der Waals surface area (Å²) in [5.41, 5.74) is 7.09. The highest BCUT2D eigenvalue weighted by molar-refractivity contribution is 6.30. The third kappa shape index (κ3) is 3.32. The van der Waals surface area contributed by atoms with E-state index in [2.05, 4.69) is 10.1 Å². The summed E-state index contributed by atoms with van der Waals surface area (Å²) in [5, 5.41) is 4.53. The Bertz CT molecular complexity index is 741. The zero-order chi connectivity index (χ0) is 14.7. The van der Waals surface area contributed by atoms with Crippen molar-refractivity contribution < 1.29 is 9.26 Å². The second kappa shape index (κ2) is 5.85. The number of anilines is 1. The SMILES string of the molecule is Nc1ccc(OCc2nc(-c3cccc(Cl)c3)no2)cc1. The standard InChI is InChI=1S/C15H12ClN3O2/c16-11-3-1-2-10(8-11)15-18-14(21-19-15)9-20-13-6-4-12(17)5-7-13/h1-8H,9,17H2. The zero-order valence-corrected chi connectivity index (χ0v) is 11.7. The molecule has 0 fully saturated rings. The van der Waals surface area contributed by atoms with Crippen molar-refractivity contribution >= 4 is 17.3 Å². The van der Waals surface area contributed by atoms with Crippen molar-refractivity contribution in [3.63, 3.8) is 0 Å². The number of hydrogen-bond donors (Lipinski definition) is 1. The van der Waals surface area contributed by atoms with Gasteiger partial charge in [-0.15, -0.1) is 0 Å². The van der Waals surface area contributed by atoms with Crippen LogP contribution in [0.2, 0.25) is 5.02 Å². The van der Waals surface area contributed by atoms with Gasteiger partial charge in [0.15, 0.2) is 6.61 Å². The van der Waals surface area contributed by atoms with Crippen LogP contribution in [0.15, 0.2) is 53.1 Å². The molecule has 0 amide bonds. The van der Waals surface area contributed by atoms with Crippen molar-refractivity contribution in [2.75, 3.05) is 5.73 Å². The van der Waals surface area contributed by atoms with Crippen molar-refractivity contribution in [2.24, 2.45) is 0 Å². The van der Waals surface area contributed by atoms with Crippen LogP contribution in [0.4, 0.5) is 5.69 Å². The Labute approximate surface area is 126 Å². The molecule has 0 aliphatic heterocycles. The Balaban J connectivity index is 1.69. The third-order valence-electron chi connectivity index (χ3n) is 2.79. The van der Waals surface area contributed by atoms with Crippen LogP contribution in [0.1, 0.15) is 5.89 Å². The highest BCUT2D eigenvalue weighted by atomic mass is 35.5. The first-order valence-electron chi connectivity index (χ1n) is 6.27. The number of ether oxygens (including phenoxy) is 1. The summed E-state index contributed by atoms with van der Waals surface area (Å²) in [7, 11) is 0. The number of aromatic nitrogens is 2. The summed E-state index contributed by atoms with van der Waals surface area (Å²) in [6.45, 7) is 0.192. The molecular formula is C15H12ClN3O2. The second-order valence-corrected chi connectivity index (χ2v) is 4.82. The lowest BCUT2D eigenvalue weighted by Crippen LogP contribution is -1.96. The lowest BCUT2D eigenvalue weighted by Gasteiger charge is -2.02. The lowest BCUT2D eigenvalue weighted by molar-refractivity contribution is 0.243. The van der Waals surface area contributed by atoms with E-state index in [9.17, 15) is 0 Å². The normalized spacial score (nSPS) is 10.5. The molecule has 0 saturated carbocycles. The Morgan fingerprint density at radius 1 is 1.14 bits per heavy atom. The van der Waals surface area contributed by atoms with E-state index in [0.717, 1.165) is 5.56 Å². The van der Waals surface area contributed by atoms with Gasteiger partial charge in [0.1, 0.15) is 5.75 Å². The van der Waals surface area contributed by atoms with Crippen LogP contribution in [-0.4, -0.2) is 10.1 Å². The van der Waals surface area contributed by atoms with Crippen LogP contribution in [0.3, 0.4) is 0 Å². The number of halogens is 1. The van der Waals surface area contributed by atoms with Gasteiger partial charge in [-0.05, 0) is 36.4 Å². The monoisotopic (exact) mass is 301 g/mol. The van der Waals surface area contributed by atoms with Crippen LogP contribution in [0.25, 0.3) is 11.4 Å². The smallest absolute Gasteiger partial charge is 0.264 e. The van der Waals surface area contributed by atoms with Gasteiger partial charge in [0.05, 0.1) is 0 Å². The van der Waals surface area contributed by atoms with Gasteiger partial charge >= 0.3 is 0 Å². The van der Waals surface area contributed by atoms with E-state index < -0.39 is 0 Å². The van der Waals surface area contributed by atoms with Gasteiger partial charge in [0, 0.05) is 16.3 Å². The summed E-state index contributed by atoms with van der Waals surface area (Å²) in [4.78, 5) is 4.27. The van der Waals surface area contributed by atoms with E-state index in [4.69, 9.17) is 26.6 Å². The molecule has 106 valence electrons. The molecule has 0 atom stereocenters. The number of rotatable bonds is 4. The summed E-state index contributed by atoms with van der Waals surface area (Å²) < 4.78 is 10.7. The molecule has 21 heavy (non-hydrogen) atoms. The number of hydrogen-bond acceptors (Lipinski definition) is 5. The summed E-state index contributed by atoms with van der Waals surface area (Å²) >= 11 is 5.93. The van der Waals surface area contributed by atoms with Crippen molar-refractivity contribution in [1.29, 1.82) is 0 Å². The maximum Gasteiger partial charge on any atom is 0.264 e. The summed E-state index contributed by atoms with van der Waals surface area (Å²) in [6.07, 6.45) is 0. The van der Waals surface area contributed by atoms with E-state index >= 15 is 0 Å². The van der Waals surface area contributed by atoms with E-state index in [0.29, 0.717) is 28.2 Å². The molecule has 1 aromatic heterocycles. The molecule has 3 aromatic rings. The maximum absolute atomic E-state index is 5.93. The fraction of sp³-hybridized carbons (Fsp3) is 0.0667. The van der Waals surface area contributed by atoms with Gasteiger partial charge in [-0.1, -0.05) is 28.9 Å². The first-order valence-corrected chi connectivity index (χ1v) is 6.65. The molecule has 0 unspecified atom stereocenters. The molecule has 0 aliphatic rings. The summed E-state index contributed by atoms with van der Waals surface area (Å²) in [6, 6.07) is 14.3. The number of nitrogens with two attached hydrogens (primary N) is 1. The lowest BCUT2D eigenvalue weighted by atomic mass is 10.2. The molecule has 0 saturated heterocycles. The van der Waals surface area contributed by atoms with Crippen LogP contribution < -0.4 is 10.5 Å². The summed E-state index contributed by atoms with van der Waals surface area (Å²) in [5.74, 6) is 1.56. The van der Waals surface area contributed by atoms with E-state index in [1.165, 1.54) is 0 Å². The molecular weight excluding hydrogens is 290 g/mol. The van der Waals surface area contributed by atoms with Crippen molar-refractivity contribution in [1.82, 2.24) is 10.1 Å². The molecule has 0 aliphatic carbocycles. The topological polar surface area (TPSA) is 74.2 Å². The fourth-order valence-corrected chi connectivity index (χ4v) is 1.96. The van der Waals surface area contributed by atoms with Crippen LogP contribution >= 0.6 is 11.6 Å². The minimum absolute atomic E-state index is 0.192. The van der Waals surface area contributed by atoms with Crippen LogP contribution in [0.5, 0.6) is 5.75 Å². The van der Waals surface area contributed by atoms with Gasteiger partial charge in [-0.3, -0.25) is 0 Å². The second-order valence-electron chi connectivity index (χ2n) is 4.38. The Hall–Kier alpha value is -2.53. The van der Waals surface area contributed by atoms with E-state index in [-0.39, 0.29) is 6.61 Å².